The molecule has 0 aliphatic rings. The number of nitrogens with two attached hydrogens (primary N) is 1. The number of ether oxygens (including phenoxy) is 1. The molecule has 0 spiro atoms. The summed E-state index contributed by atoms with van der Waals surface area (Å²) in [5.74, 6) is -1.83. The zero-order valence-electron chi connectivity index (χ0n) is 14.3. The molecule has 2 N–H and O–H groups in total. The first-order valence-electron chi connectivity index (χ1n) is 7.86. The number of nitrogen functional groups attached to an aromatic ring is 1. The Bertz CT molecular complexity index is 1080. The summed E-state index contributed by atoms with van der Waals surface area (Å²) >= 11 is 0. The van der Waals surface area contributed by atoms with Crippen molar-refractivity contribution >= 4 is 17.4 Å². The third-order valence-electron chi connectivity index (χ3n) is 4.04. The monoisotopic (exact) mass is 363 g/mol. The Hall–Kier alpha value is -3.92. The molecule has 27 heavy (non-hydrogen) atoms. The van der Waals surface area contributed by atoms with Crippen LogP contribution in [0.4, 0.5) is 10.1 Å². The van der Waals surface area contributed by atoms with Crippen molar-refractivity contribution < 1.29 is 18.7 Å². The minimum Gasteiger partial charge on any atom is -0.464 e. The van der Waals surface area contributed by atoms with Crippen LogP contribution in [0, 0.1) is 17.1 Å². The van der Waals surface area contributed by atoms with Crippen LogP contribution in [0.25, 0.3) is 5.69 Å². The average molecular weight is 363 g/mol. The Morgan fingerprint density at radius 2 is 1.89 bits per heavy atom. The Kier molecular flexibility index (Phi) is 4.73. The van der Waals surface area contributed by atoms with Gasteiger partial charge in [0.2, 0.25) is 0 Å². The van der Waals surface area contributed by atoms with E-state index < -0.39 is 17.6 Å². The molecule has 0 unspecified atom stereocenters. The van der Waals surface area contributed by atoms with Crippen LogP contribution in [-0.2, 0) is 4.74 Å². The van der Waals surface area contributed by atoms with E-state index in [4.69, 9.17) is 10.5 Å². The van der Waals surface area contributed by atoms with E-state index in [-0.39, 0.29) is 28.2 Å². The summed E-state index contributed by atoms with van der Waals surface area (Å²) in [6.45, 7) is 0. The highest BCUT2D eigenvalue weighted by Gasteiger charge is 2.25. The number of nitrogens with zero attached hydrogens (tertiary/aromatic N) is 2. The smallest absolute Gasteiger partial charge is 0.357 e. The molecule has 0 saturated carbocycles. The van der Waals surface area contributed by atoms with Gasteiger partial charge in [0.05, 0.1) is 24.0 Å². The maximum Gasteiger partial charge on any atom is 0.357 e. The van der Waals surface area contributed by atoms with Gasteiger partial charge in [-0.15, -0.1) is 0 Å². The first kappa shape index (κ1) is 17.9. The summed E-state index contributed by atoms with van der Waals surface area (Å²) in [6.07, 6.45) is 1.32. The fourth-order valence-corrected chi connectivity index (χ4v) is 2.75. The Morgan fingerprint density at radius 1 is 1.19 bits per heavy atom. The fraction of sp³-hybridized carbons (Fsp3) is 0.0500. The van der Waals surface area contributed by atoms with Gasteiger partial charge >= 0.3 is 5.97 Å². The zero-order valence-corrected chi connectivity index (χ0v) is 14.3. The molecule has 1 aromatic heterocycles. The van der Waals surface area contributed by atoms with Crippen molar-refractivity contribution in [2.24, 2.45) is 0 Å². The number of aromatic nitrogens is 1. The highest BCUT2D eigenvalue weighted by Crippen LogP contribution is 2.28. The zero-order chi connectivity index (χ0) is 19.6. The molecule has 1 heterocycles. The van der Waals surface area contributed by atoms with Crippen LogP contribution < -0.4 is 5.73 Å². The van der Waals surface area contributed by atoms with E-state index in [2.05, 4.69) is 0 Å². The second-order valence-electron chi connectivity index (χ2n) is 5.64. The number of rotatable bonds is 4. The van der Waals surface area contributed by atoms with E-state index in [9.17, 15) is 19.2 Å². The molecule has 2 aromatic carbocycles. The van der Waals surface area contributed by atoms with Crippen molar-refractivity contribution in [1.82, 2.24) is 4.57 Å². The van der Waals surface area contributed by atoms with Crippen LogP contribution in [0.1, 0.15) is 32.0 Å². The van der Waals surface area contributed by atoms with Crippen molar-refractivity contribution in [3.8, 4) is 11.8 Å². The number of ketones is 1. The quantitative estimate of drug-likeness (QED) is 0.567. The average Bonchev–Trinajstić information content (AvgIpc) is 3.03. The summed E-state index contributed by atoms with van der Waals surface area (Å²) in [5, 5.41) is 9.24. The lowest BCUT2D eigenvalue weighted by atomic mass is 10.0. The van der Waals surface area contributed by atoms with Gasteiger partial charge in [-0.05, 0) is 18.2 Å². The molecule has 6 nitrogen and oxygen atoms in total. The van der Waals surface area contributed by atoms with Gasteiger partial charge in [-0.3, -0.25) is 4.79 Å². The molecular formula is C20H14FN3O3. The summed E-state index contributed by atoms with van der Waals surface area (Å²) < 4.78 is 19.9. The number of nitriles is 1. The summed E-state index contributed by atoms with van der Waals surface area (Å²) in [6, 6.07) is 13.8. The number of anilines is 1. The predicted octanol–water partition coefficient (Wildman–Crippen LogP) is 3.09. The van der Waals surface area contributed by atoms with E-state index in [0.29, 0.717) is 5.56 Å². The van der Waals surface area contributed by atoms with Gasteiger partial charge in [0, 0.05) is 17.3 Å². The van der Waals surface area contributed by atoms with Crippen molar-refractivity contribution in [3.63, 3.8) is 0 Å². The number of carbonyl (C=O) groups is 2. The van der Waals surface area contributed by atoms with Crippen molar-refractivity contribution in [1.29, 1.82) is 5.26 Å². The van der Waals surface area contributed by atoms with E-state index in [1.807, 2.05) is 6.07 Å². The standard InChI is InChI=1S/C20H14FN3O3/c1-27-20(26)18-17(23)13(10-22)11-24(18)16-8-7-14(21)9-15(16)19(25)12-5-3-2-4-6-12/h2-9,11H,23H2,1H3. The van der Waals surface area contributed by atoms with Crippen molar-refractivity contribution in [2.75, 3.05) is 12.8 Å². The molecule has 3 rings (SSSR count). The van der Waals surface area contributed by atoms with Gasteiger partial charge in [0.25, 0.3) is 0 Å². The van der Waals surface area contributed by atoms with E-state index in [1.165, 1.54) is 23.9 Å². The van der Waals surface area contributed by atoms with Gasteiger partial charge < -0.3 is 15.0 Å². The molecule has 0 aliphatic carbocycles. The van der Waals surface area contributed by atoms with Crippen LogP contribution >= 0.6 is 0 Å². The van der Waals surface area contributed by atoms with Gasteiger partial charge in [-0.25, -0.2) is 9.18 Å². The Labute approximate surface area is 154 Å². The van der Waals surface area contributed by atoms with Gasteiger partial charge in [0.15, 0.2) is 11.5 Å². The third kappa shape index (κ3) is 3.16. The Balaban J connectivity index is 2.27. The summed E-state index contributed by atoms with van der Waals surface area (Å²) in [4.78, 5) is 25.1. The highest BCUT2D eigenvalue weighted by molar-refractivity contribution is 6.11. The molecule has 3 aromatic rings. The normalized spacial score (nSPS) is 10.3. The molecule has 0 amide bonds. The van der Waals surface area contributed by atoms with Crippen LogP contribution in [0.2, 0.25) is 0 Å². The van der Waals surface area contributed by atoms with E-state index in [0.717, 1.165) is 12.1 Å². The lowest BCUT2D eigenvalue weighted by Crippen LogP contribution is -2.14. The van der Waals surface area contributed by atoms with E-state index in [1.54, 1.807) is 30.3 Å². The molecular weight excluding hydrogens is 349 g/mol. The minimum atomic E-state index is -0.781. The number of methoxy groups -OCH3 is 1. The molecule has 0 aliphatic heterocycles. The third-order valence-corrected chi connectivity index (χ3v) is 4.04. The largest absolute Gasteiger partial charge is 0.464 e. The van der Waals surface area contributed by atoms with E-state index >= 15 is 0 Å². The van der Waals surface area contributed by atoms with Crippen LogP contribution in [0.3, 0.4) is 0 Å². The molecule has 0 fully saturated rings. The van der Waals surface area contributed by atoms with Crippen LogP contribution in [-0.4, -0.2) is 23.4 Å². The van der Waals surface area contributed by atoms with Gasteiger partial charge in [-0.1, -0.05) is 30.3 Å². The summed E-state index contributed by atoms with van der Waals surface area (Å²) in [7, 11) is 1.17. The summed E-state index contributed by atoms with van der Waals surface area (Å²) in [5.41, 5.74) is 6.32. The molecule has 0 bridgehead atoms. The number of hydrogen-bond acceptors (Lipinski definition) is 5. The van der Waals surface area contributed by atoms with Crippen LogP contribution in [0.5, 0.6) is 0 Å². The topological polar surface area (TPSA) is 98.1 Å². The SMILES string of the molecule is COC(=O)c1c(N)c(C#N)cn1-c1ccc(F)cc1C(=O)c1ccccc1. The number of esters is 1. The Morgan fingerprint density at radius 3 is 2.52 bits per heavy atom. The van der Waals surface area contributed by atoms with Crippen molar-refractivity contribution in [2.45, 2.75) is 0 Å². The molecule has 0 saturated heterocycles. The second kappa shape index (κ2) is 7.14. The first-order valence-corrected chi connectivity index (χ1v) is 7.86. The molecule has 7 heteroatoms. The van der Waals surface area contributed by atoms with Crippen LogP contribution in [0.15, 0.2) is 54.7 Å². The molecule has 134 valence electrons. The number of halogens is 1. The van der Waals surface area contributed by atoms with Crippen molar-refractivity contribution in [3.05, 3.63) is 82.9 Å². The maximum atomic E-state index is 13.9. The lowest BCUT2D eigenvalue weighted by Gasteiger charge is -2.13. The molecule has 0 radical (unpaired) electrons. The first-order chi connectivity index (χ1) is 13.0. The van der Waals surface area contributed by atoms with Gasteiger partial charge in [-0.2, -0.15) is 5.26 Å². The highest BCUT2D eigenvalue weighted by atomic mass is 19.1. The number of benzene rings is 2. The minimum absolute atomic E-state index is 0.0193. The number of carbonyl (C=O) groups excluding carboxylic acids is 2. The number of hydrogen-bond donors (Lipinski definition) is 1. The second-order valence-corrected chi connectivity index (χ2v) is 5.64. The predicted molar refractivity (Wildman–Crippen MR) is 96.1 cm³/mol. The maximum absolute atomic E-state index is 13.9. The fourth-order valence-electron chi connectivity index (χ4n) is 2.75. The van der Waals surface area contributed by atoms with Gasteiger partial charge in [0.1, 0.15) is 11.9 Å². The molecule has 0 atom stereocenters. The lowest BCUT2D eigenvalue weighted by molar-refractivity contribution is 0.0592.